The lowest BCUT2D eigenvalue weighted by molar-refractivity contribution is 0.627. The lowest BCUT2D eigenvalue weighted by Crippen LogP contribution is -2.17. The van der Waals surface area contributed by atoms with E-state index in [2.05, 4.69) is 36.1 Å². The Balaban J connectivity index is 2.30. The number of aromatic nitrogens is 2. The van der Waals surface area contributed by atoms with E-state index in [9.17, 15) is 0 Å². The molecular formula is C12H19N3. The van der Waals surface area contributed by atoms with Crippen molar-refractivity contribution in [2.24, 2.45) is 0 Å². The van der Waals surface area contributed by atoms with Crippen LogP contribution in [-0.4, -0.2) is 17.0 Å². The molecule has 0 saturated heterocycles. The molecule has 1 aromatic heterocycles. The van der Waals surface area contributed by atoms with E-state index < -0.39 is 0 Å². The summed E-state index contributed by atoms with van der Waals surface area (Å²) in [4.78, 5) is 9.12. The van der Waals surface area contributed by atoms with Gasteiger partial charge < -0.3 is 5.32 Å². The van der Waals surface area contributed by atoms with Crippen LogP contribution in [0.2, 0.25) is 0 Å². The zero-order valence-corrected chi connectivity index (χ0v) is 9.96. The second-order valence-electron chi connectivity index (χ2n) is 4.81. The summed E-state index contributed by atoms with van der Waals surface area (Å²) in [5, 5.41) is 3.22. The molecule has 1 unspecified atom stereocenters. The van der Waals surface area contributed by atoms with Crippen molar-refractivity contribution in [1.82, 2.24) is 15.3 Å². The minimum absolute atomic E-state index is 0.270. The molecule has 1 aromatic rings. The molecule has 1 aliphatic rings. The van der Waals surface area contributed by atoms with E-state index in [0.717, 1.165) is 11.5 Å². The summed E-state index contributed by atoms with van der Waals surface area (Å²) in [7, 11) is 1.96. The molecule has 3 heteroatoms. The smallest absolute Gasteiger partial charge is 0.134 e. The molecule has 0 radical (unpaired) electrons. The number of aryl methyl sites for hydroxylation is 1. The van der Waals surface area contributed by atoms with Gasteiger partial charge in [-0.25, -0.2) is 9.97 Å². The van der Waals surface area contributed by atoms with Crippen molar-refractivity contribution in [1.29, 1.82) is 0 Å². The first kappa shape index (κ1) is 10.6. The average molecular weight is 205 g/mol. The predicted molar refractivity (Wildman–Crippen MR) is 60.8 cm³/mol. The highest BCUT2D eigenvalue weighted by atomic mass is 14.9. The topological polar surface area (TPSA) is 37.8 Å². The quantitative estimate of drug-likeness (QED) is 0.821. The Labute approximate surface area is 91.3 Å². The maximum atomic E-state index is 4.62. The van der Waals surface area contributed by atoms with E-state index in [4.69, 9.17) is 0 Å². The van der Waals surface area contributed by atoms with Crippen LogP contribution in [0.25, 0.3) is 0 Å². The normalized spacial score (nSPS) is 20.0. The van der Waals surface area contributed by atoms with Crippen molar-refractivity contribution < 1.29 is 0 Å². The third-order valence-corrected chi connectivity index (χ3v) is 3.46. The highest BCUT2D eigenvalue weighted by Gasteiger charge is 2.42. The number of hydrogen-bond acceptors (Lipinski definition) is 3. The molecule has 0 amide bonds. The molecule has 1 N–H and O–H groups in total. The summed E-state index contributed by atoms with van der Waals surface area (Å²) >= 11 is 0. The fourth-order valence-corrected chi connectivity index (χ4v) is 1.76. The first-order valence-electron chi connectivity index (χ1n) is 5.58. The Hall–Kier alpha value is -0.960. The molecule has 2 rings (SSSR count). The first-order chi connectivity index (χ1) is 7.07. The summed E-state index contributed by atoms with van der Waals surface area (Å²) in [6.45, 7) is 6.44. The van der Waals surface area contributed by atoms with Gasteiger partial charge >= 0.3 is 0 Å². The molecule has 0 aromatic carbocycles. The van der Waals surface area contributed by atoms with Crippen LogP contribution in [0, 0.1) is 6.92 Å². The van der Waals surface area contributed by atoms with Crippen LogP contribution in [0.4, 0.5) is 0 Å². The van der Waals surface area contributed by atoms with Crippen LogP contribution >= 0.6 is 0 Å². The Kier molecular flexibility index (Phi) is 2.51. The molecule has 1 saturated carbocycles. The molecule has 0 bridgehead atoms. The summed E-state index contributed by atoms with van der Waals surface area (Å²) in [6.07, 6.45) is 4.43. The largest absolute Gasteiger partial charge is 0.313 e. The second-order valence-corrected chi connectivity index (χ2v) is 4.81. The predicted octanol–water partition coefficient (Wildman–Crippen LogP) is 2.12. The zero-order chi connectivity index (χ0) is 11.1. The van der Waals surface area contributed by atoms with E-state index in [0.29, 0.717) is 6.04 Å². The van der Waals surface area contributed by atoms with Gasteiger partial charge in [0.25, 0.3) is 0 Å². The fourth-order valence-electron chi connectivity index (χ4n) is 1.76. The minimum Gasteiger partial charge on any atom is -0.313 e. The molecule has 1 heterocycles. The van der Waals surface area contributed by atoms with Gasteiger partial charge in [0.1, 0.15) is 5.82 Å². The lowest BCUT2D eigenvalue weighted by atomic mass is 10.1. The van der Waals surface area contributed by atoms with Crippen molar-refractivity contribution in [3.05, 3.63) is 23.3 Å². The van der Waals surface area contributed by atoms with Crippen molar-refractivity contribution in [3.8, 4) is 0 Å². The Morgan fingerprint density at radius 2 is 2.13 bits per heavy atom. The van der Waals surface area contributed by atoms with Gasteiger partial charge in [0.05, 0.1) is 0 Å². The van der Waals surface area contributed by atoms with Crippen LogP contribution < -0.4 is 5.32 Å². The molecule has 3 nitrogen and oxygen atoms in total. The molecule has 15 heavy (non-hydrogen) atoms. The van der Waals surface area contributed by atoms with Gasteiger partial charge in [-0.2, -0.15) is 0 Å². The molecular weight excluding hydrogens is 186 g/mol. The van der Waals surface area contributed by atoms with E-state index in [1.54, 1.807) is 0 Å². The summed E-state index contributed by atoms with van der Waals surface area (Å²) in [6, 6.07) is 0.325. The van der Waals surface area contributed by atoms with E-state index >= 15 is 0 Å². The van der Waals surface area contributed by atoms with Crippen LogP contribution in [0.1, 0.15) is 49.8 Å². The SMILES string of the molecule is CNC(C)c1cnc(C2(C)CC2)nc1C. The van der Waals surface area contributed by atoms with Crippen molar-refractivity contribution in [2.45, 2.75) is 45.1 Å². The summed E-state index contributed by atoms with van der Waals surface area (Å²) < 4.78 is 0. The maximum Gasteiger partial charge on any atom is 0.134 e. The Morgan fingerprint density at radius 3 is 2.60 bits per heavy atom. The van der Waals surface area contributed by atoms with Gasteiger partial charge in [-0.05, 0) is 33.7 Å². The van der Waals surface area contributed by atoms with Crippen molar-refractivity contribution in [2.75, 3.05) is 7.05 Å². The van der Waals surface area contributed by atoms with Crippen LogP contribution in [0.5, 0.6) is 0 Å². The van der Waals surface area contributed by atoms with Crippen molar-refractivity contribution >= 4 is 0 Å². The van der Waals surface area contributed by atoms with Gasteiger partial charge in [0.2, 0.25) is 0 Å². The Bertz CT molecular complexity index is 369. The highest BCUT2D eigenvalue weighted by Crippen LogP contribution is 2.45. The molecule has 1 atom stereocenters. The van der Waals surface area contributed by atoms with Crippen LogP contribution in [-0.2, 0) is 5.41 Å². The number of hydrogen-bond donors (Lipinski definition) is 1. The zero-order valence-electron chi connectivity index (χ0n) is 9.96. The lowest BCUT2D eigenvalue weighted by Gasteiger charge is -2.15. The third-order valence-electron chi connectivity index (χ3n) is 3.46. The van der Waals surface area contributed by atoms with Gasteiger partial charge in [0, 0.05) is 28.9 Å². The monoisotopic (exact) mass is 205 g/mol. The van der Waals surface area contributed by atoms with Gasteiger partial charge in [-0.3, -0.25) is 0 Å². The van der Waals surface area contributed by atoms with Gasteiger partial charge in [-0.1, -0.05) is 6.92 Å². The van der Waals surface area contributed by atoms with E-state index in [1.165, 1.54) is 18.4 Å². The molecule has 0 aliphatic heterocycles. The van der Waals surface area contributed by atoms with E-state index in [1.807, 2.05) is 13.2 Å². The number of nitrogens with zero attached hydrogens (tertiary/aromatic N) is 2. The van der Waals surface area contributed by atoms with Crippen molar-refractivity contribution in [3.63, 3.8) is 0 Å². The third kappa shape index (κ3) is 1.88. The molecule has 0 spiro atoms. The molecule has 1 aliphatic carbocycles. The fraction of sp³-hybridized carbons (Fsp3) is 0.667. The van der Waals surface area contributed by atoms with Gasteiger partial charge in [-0.15, -0.1) is 0 Å². The highest BCUT2D eigenvalue weighted by molar-refractivity contribution is 5.24. The van der Waals surface area contributed by atoms with Crippen LogP contribution in [0.15, 0.2) is 6.20 Å². The first-order valence-corrected chi connectivity index (χ1v) is 5.58. The molecule has 82 valence electrons. The average Bonchev–Trinajstić information content (AvgIpc) is 2.96. The Morgan fingerprint density at radius 1 is 1.47 bits per heavy atom. The minimum atomic E-state index is 0.270. The second kappa shape index (κ2) is 3.56. The maximum absolute atomic E-state index is 4.62. The van der Waals surface area contributed by atoms with Gasteiger partial charge in [0.15, 0.2) is 0 Å². The molecule has 1 fully saturated rings. The summed E-state index contributed by atoms with van der Waals surface area (Å²) in [5.74, 6) is 1.02. The van der Waals surface area contributed by atoms with E-state index in [-0.39, 0.29) is 5.41 Å². The number of nitrogens with one attached hydrogen (secondary N) is 1. The standard InChI is InChI=1S/C12H19N3/c1-8(13-4)10-7-14-11(15-9(10)2)12(3)5-6-12/h7-8,13H,5-6H2,1-4H3. The summed E-state index contributed by atoms with van der Waals surface area (Å²) in [5.41, 5.74) is 2.58. The number of rotatable bonds is 3. The van der Waals surface area contributed by atoms with Crippen LogP contribution in [0.3, 0.4) is 0 Å².